The molecule has 0 aromatic heterocycles. The van der Waals surface area contributed by atoms with E-state index in [4.69, 9.17) is 11.6 Å². The number of nitrogens with zero attached hydrogens (tertiary/aromatic N) is 4. The average Bonchev–Trinajstić information content (AvgIpc) is 3.15. The average molecular weight is 487 g/mol. The first-order valence-corrected chi connectivity index (χ1v) is 12.5. The Hall–Kier alpha value is -2.58. The number of nitrogens with one attached hydrogen (secondary N) is 2. The highest BCUT2D eigenvalue weighted by Gasteiger charge is 2.40. The zero-order valence-corrected chi connectivity index (χ0v) is 21.2. The van der Waals surface area contributed by atoms with E-state index in [1.165, 1.54) is 12.8 Å². The molecule has 2 amide bonds. The lowest BCUT2D eigenvalue weighted by Crippen LogP contribution is -2.42. The summed E-state index contributed by atoms with van der Waals surface area (Å²) in [4.78, 5) is 34.7. The highest BCUT2D eigenvalue weighted by atomic mass is 35.5. The van der Waals surface area contributed by atoms with Gasteiger partial charge in [0.25, 0.3) is 5.91 Å². The third kappa shape index (κ3) is 4.93. The number of carbonyl (C=O) groups excluding carboxylic acids is 2. The number of allylic oxidation sites excluding steroid dienone is 1. The number of anilines is 1. The highest BCUT2D eigenvalue weighted by Crippen LogP contribution is 2.34. The molecule has 1 saturated heterocycles. The van der Waals surface area contributed by atoms with Crippen molar-refractivity contribution in [1.82, 2.24) is 20.7 Å². The Balaban J connectivity index is 1.48. The number of carbonyl (C=O) groups is 2. The number of amides is 2. The molecule has 4 rings (SSSR count). The number of halogens is 1. The van der Waals surface area contributed by atoms with Gasteiger partial charge in [-0.15, -0.1) is 0 Å². The predicted molar refractivity (Wildman–Crippen MR) is 136 cm³/mol. The molecule has 2 aliphatic heterocycles. The fraction of sp³-hybridized carbons (Fsp3) is 0.560. The Morgan fingerprint density at radius 1 is 1.24 bits per heavy atom. The molecule has 34 heavy (non-hydrogen) atoms. The van der Waals surface area contributed by atoms with Crippen LogP contribution >= 0.6 is 11.6 Å². The normalized spacial score (nSPS) is 25.9. The molecule has 2 fully saturated rings. The summed E-state index contributed by atoms with van der Waals surface area (Å²) in [5.41, 5.74) is 5.25. The molecule has 0 radical (unpaired) electrons. The highest BCUT2D eigenvalue weighted by molar-refractivity contribution is 6.31. The third-order valence-electron chi connectivity index (χ3n) is 7.35. The molecule has 2 heterocycles. The summed E-state index contributed by atoms with van der Waals surface area (Å²) in [7, 11) is 4.30. The Kier molecular flexibility index (Phi) is 7.48. The van der Waals surface area contributed by atoms with Gasteiger partial charge in [0.1, 0.15) is 0 Å². The summed E-state index contributed by atoms with van der Waals surface area (Å²) in [6.07, 6.45) is 9.44. The number of hydrazine groups is 1. The van der Waals surface area contributed by atoms with Crippen LogP contribution in [0.4, 0.5) is 5.69 Å². The van der Waals surface area contributed by atoms with Crippen molar-refractivity contribution in [1.29, 1.82) is 0 Å². The van der Waals surface area contributed by atoms with Crippen LogP contribution in [-0.4, -0.2) is 73.4 Å². The minimum atomic E-state index is -0.455. The molecule has 2 N–H and O–H groups in total. The van der Waals surface area contributed by atoms with Crippen LogP contribution in [-0.2, 0) is 4.79 Å². The van der Waals surface area contributed by atoms with E-state index >= 15 is 0 Å². The topological polar surface area (TPSA) is 80.3 Å². The lowest BCUT2D eigenvalue weighted by Gasteiger charge is -2.40. The number of aliphatic imine (C=N–C) groups is 1. The summed E-state index contributed by atoms with van der Waals surface area (Å²) in [5, 5.41) is 5.16. The van der Waals surface area contributed by atoms with Crippen LogP contribution in [0.2, 0.25) is 5.02 Å². The second-order valence-corrected chi connectivity index (χ2v) is 10.00. The second kappa shape index (κ2) is 10.4. The molecule has 1 aliphatic carbocycles. The zero-order valence-electron chi connectivity index (χ0n) is 20.4. The van der Waals surface area contributed by atoms with Gasteiger partial charge in [-0.25, -0.2) is 0 Å². The van der Waals surface area contributed by atoms with Gasteiger partial charge in [-0.05, 0) is 77.4 Å². The Morgan fingerprint density at radius 2 is 1.94 bits per heavy atom. The van der Waals surface area contributed by atoms with Crippen molar-refractivity contribution in [3.05, 3.63) is 40.6 Å². The zero-order chi connectivity index (χ0) is 24.4. The maximum Gasteiger partial charge on any atom is 0.251 e. The number of benzene rings is 1. The van der Waals surface area contributed by atoms with E-state index in [1.54, 1.807) is 29.6 Å². The lowest BCUT2D eigenvalue weighted by molar-refractivity contribution is -0.123. The van der Waals surface area contributed by atoms with Crippen molar-refractivity contribution in [2.24, 2.45) is 10.9 Å². The van der Waals surface area contributed by atoms with E-state index < -0.39 is 5.92 Å². The maximum absolute atomic E-state index is 13.2. The molecule has 3 aliphatic rings. The smallest absolute Gasteiger partial charge is 0.251 e. The lowest BCUT2D eigenvalue weighted by atomic mass is 9.89. The van der Waals surface area contributed by atoms with Crippen LogP contribution < -0.4 is 15.6 Å². The van der Waals surface area contributed by atoms with E-state index in [9.17, 15) is 9.59 Å². The van der Waals surface area contributed by atoms with Crippen LogP contribution in [0.15, 0.2) is 29.4 Å². The standard InChI is InChI=1S/C25H35ClN6O2/c1-5-31(19-9-7-18(8-10-19)30(3)4)22-14-17(26)13-20(16(22)2)24(33)28-15-21-23-27-11-6-12-32(23)29-25(21)34/h6,11-14,18-19,21,23H,5,7-10,15H2,1-4H3,(H,28,33)(H,29,34)/t18-,19-,21?,23?. The van der Waals surface area contributed by atoms with Gasteiger partial charge in [0.05, 0.1) is 5.92 Å². The molecule has 2 unspecified atom stereocenters. The molecule has 1 saturated carbocycles. The number of rotatable bonds is 7. The third-order valence-corrected chi connectivity index (χ3v) is 7.57. The molecule has 0 bridgehead atoms. The molecular formula is C25H35ClN6O2. The van der Waals surface area contributed by atoms with Crippen LogP contribution in [0, 0.1) is 12.8 Å². The van der Waals surface area contributed by atoms with Crippen molar-refractivity contribution in [2.75, 3.05) is 32.1 Å². The van der Waals surface area contributed by atoms with Gasteiger partial charge >= 0.3 is 0 Å². The molecule has 2 atom stereocenters. The first kappa shape index (κ1) is 24.5. The molecule has 184 valence electrons. The summed E-state index contributed by atoms with van der Waals surface area (Å²) in [6.45, 7) is 5.19. The fourth-order valence-corrected chi connectivity index (χ4v) is 5.59. The van der Waals surface area contributed by atoms with E-state index in [-0.39, 0.29) is 24.5 Å². The Morgan fingerprint density at radius 3 is 2.62 bits per heavy atom. The summed E-state index contributed by atoms with van der Waals surface area (Å²) >= 11 is 6.50. The maximum atomic E-state index is 13.2. The molecule has 8 nitrogen and oxygen atoms in total. The second-order valence-electron chi connectivity index (χ2n) is 9.56. The Labute approximate surface area is 207 Å². The first-order valence-electron chi connectivity index (χ1n) is 12.1. The Bertz CT molecular complexity index is 986. The van der Waals surface area contributed by atoms with Crippen molar-refractivity contribution in [3.8, 4) is 0 Å². The van der Waals surface area contributed by atoms with Gasteiger partial charge in [0.2, 0.25) is 5.91 Å². The first-order chi connectivity index (χ1) is 16.3. The molecule has 1 aromatic carbocycles. The van der Waals surface area contributed by atoms with E-state index in [0.717, 1.165) is 30.6 Å². The minimum Gasteiger partial charge on any atom is -0.369 e. The van der Waals surface area contributed by atoms with Gasteiger partial charge in [-0.2, -0.15) is 0 Å². The molecule has 0 spiro atoms. The fourth-order valence-electron chi connectivity index (χ4n) is 5.38. The number of fused-ring (bicyclic) bond motifs is 1. The summed E-state index contributed by atoms with van der Waals surface area (Å²) in [5.74, 6) is -0.832. The van der Waals surface area contributed by atoms with Crippen LogP contribution in [0.5, 0.6) is 0 Å². The number of hydrogen-bond donors (Lipinski definition) is 2. The van der Waals surface area contributed by atoms with Gasteiger partial charge in [-0.3, -0.25) is 25.0 Å². The molecule has 1 aromatic rings. The van der Waals surface area contributed by atoms with Crippen molar-refractivity contribution in [2.45, 2.75) is 57.8 Å². The van der Waals surface area contributed by atoms with Gasteiger partial charge < -0.3 is 15.1 Å². The van der Waals surface area contributed by atoms with Gasteiger partial charge in [0, 0.05) is 53.9 Å². The monoisotopic (exact) mass is 486 g/mol. The van der Waals surface area contributed by atoms with Gasteiger partial charge in [0.15, 0.2) is 6.17 Å². The van der Waals surface area contributed by atoms with Crippen molar-refractivity contribution < 1.29 is 9.59 Å². The number of hydrogen-bond acceptors (Lipinski definition) is 6. The summed E-state index contributed by atoms with van der Waals surface area (Å²) in [6, 6.07) is 4.75. The van der Waals surface area contributed by atoms with E-state index in [0.29, 0.717) is 22.7 Å². The van der Waals surface area contributed by atoms with E-state index in [2.05, 4.69) is 46.6 Å². The van der Waals surface area contributed by atoms with Crippen LogP contribution in [0.3, 0.4) is 0 Å². The van der Waals surface area contributed by atoms with Crippen molar-refractivity contribution in [3.63, 3.8) is 0 Å². The van der Waals surface area contributed by atoms with Crippen LogP contribution in [0.25, 0.3) is 0 Å². The summed E-state index contributed by atoms with van der Waals surface area (Å²) < 4.78 is 0. The van der Waals surface area contributed by atoms with Crippen LogP contribution in [0.1, 0.15) is 48.5 Å². The van der Waals surface area contributed by atoms with Crippen molar-refractivity contribution >= 4 is 35.3 Å². The largest absolute Gasteiger partial charge is 0.369 e. The predicted octanol–water partition coefficient (Wildman–Crippen LogP) is 2.96. The quantitative estimate of drug-likeness (QED) is 0.619. The molecule has 9 heteroatoms. The van der Waals surface area contributed by atoms with E-state index in [1.807, 2.05) is 13.0 Å². The molecular weight excluding hydrogens is 452 g/mol. The SMILES string of the molecule is CCN(c1cc(Cl)cc(C(=O)NCC2C(=O)NN3C=CC=NC23)c1C)[C@H]1CC[C@H](N(C)C)CC1. The van der Waals surface area contributed by atoms with Gasteiger partial charge in [-0.1, -0.05) is 11.6 Å². The minimum absolute atomic E-state index is 0.150.